The highest BCUT2D eigenvalue weighted by Crippen LogP contribution is 2.22. The van der Waals surface area contributed by atoms with Crippen molar-refractivity contribution in [3.05, 3.63) is 34.1 Å². The van der Waals surface area contributed by atoms with E-state index in [1.807, 2.05) is 6.92 Å². The van der Waals surface area contributed by atoms with Crippen LogP contribution in [0.3, 0.4) is 0 Å². The van der Waals surface area contributed by atoms with Gasteiger partial charge in [-0.25, -0.2) is 4.39 Å². The van der Waals surface area contributed by atoms with Gasteiger partial charge in [-0.2, -0.15) is 0 Å². The molecule has 0 spiro atoms. The minimum absolute atomic E-state index is 0.178. The molecule has 0 saturated carbocycles. The van der Waals surface area contributed by atoms with Crippen molar-refractivity contribution < 1.29 is 9.50 Å². The molecule has 0 amide bonds. The fourth-order valence-corrected chi connectivity index (χ4v) is 1.72. The molecule has 0 aliphatic rings. The molecule has 2 atom stereocenters. The molecule has 1 N–H and O–H groups in total. The summed E-state index contributed by atoms with van der Waals surface area (Å²) in [4.78, 5) is 0. The van der Waals surface area contributed by atoms with Gasteiger partial charge in [-0.15, -0.1) is 0 Å². The topological polar surface area (TPSA) is 20.2 Å². The quantitative estimate of drug-likeness (QED) is 0.886. The minimum atomic E-state index is -0.341. The van der Waals surface area contributed by atoms with Crippen molar-refractivity contribution in [3.63, 3.8) is 0 Å². The molecule has 1 rings (SSSR count). The van der Waals surface area contributed by atoms with Crippen LogP contribution in [0.25, 0.3) is 0 Å². The predicted molar refractivity (Wildman–Crippen MR) is 58.6 cm³/mol. The van der Waals surface area contributed by atoms with Crippen molar-refractivity contribution in [1.29, 1.82) is 0 Å². The van der Waals surface area contributed by atoms with Crippen molar-refractivity contribution in [3.8, 4) is 0 Å². The normalized spacial score (nSPS) is 15.2. The number of aliphatic hydroxyl groups excluding tert-OH is 1. The zero-order valence-corrected chi connectivity index (χ0v) is 9.88. The zero-order valence-electron chi connectivity index (χ0n) is 8.30. The number of halogens is 2. The summed E-state index contributed by atoms with van der Waals surface area (Å²) in [5, 5.41) is 9.34. The van der Waals surface area contributed by atoms with E-state index in [9.17, 15) is 9.50 Å². The lowest BCUT2D eigenvalue weighted by Gasteiger charge is -2.15. The second-order valence-corrected chi connectivity index (χ2v) is 4.51. The van der Waals surface area contributed by atoms with Gasteiger partial charge >= 0.3 is 0 Å². The number of hydrogen-bond donors (Lipinski definition) is 1. The molecule has 0 heterocycles. The Labute approximate surface area is 92.1 Å². The van der Waals surface area contributed by atoms with Crippen molar-refractivity contribution >= 4 is 15.9 Å². The van der Waals surface area contributed by atoms with Crippen LogP contribution in [0, 0.1) is 11.7 Å². The Morgan fingerprint density at radius 1 is 1.43 bits per heavy atom. The van der Waals surface area contributed by atoms with Crippen LogP contribution in [-0.4, -0.2) is 11.2 Å². The van der Waals surface area contributed by atoms with Gasteiger partial charge in [0.25, 0.3) is 0 Å². The lowest BCUT2D eigenvalue weighted by atomic mass is 9.97. The molecular formula is C11H14BrFO. The predicted octanol–water partition coefficient (Wildman–Crippen LogP) is 3.15. The van der Waals surface area contributed by atoms with Gasteiger partial charge in [-0.3, -0.25) is 0 Å². The van der Waals surface area contributed by atoms with E-state index in [4.69, 9.17) is 0 Å². The van der Waals surface area contributed by atoms with Gasteiger partial charge in [0, 0.05) is 4.47 Å². The van der Waals surface area contributed by atoms with Crippen LogP contribution in [0.2, 0.25) is 0 Å². The number of hydrogen-bond acceptors (Lipinski definition) is 1. The summed E-state index contributed by atoms with van der Waals surface area (Å²) < 4.78 is 13.5. The summed E-state index contributed by atoms with van der Waals surface area (Å²) in [7, 11) is 0. The zero-order chi connectivity index (χ0) is 10.7. The molecule has 78 valence electrons. The second kappa shape index (κ2) is 4.89. The van der Waals surface area contributed by atoms with Crippen LogP contribution < -0.4 is 0 Å². The maximum atomic E-state index is 12.8. The van der Waals surface area contributed by atoms with Crippen molar-refractivity contribution in [2.75, 3.05) is 0 Å². The highest BCUT2D eigenvalue weighted by atomic mass is 79.9. The number of aliphatic hydroxyl groups is 1. The monoisotopic (exact) mass is 260 g/mol. The Hall–Kier alpha value is -0.410. The molecule has 1 nitrogen and oxygen atoms in total. The van der Waals surface area contributed by atoms with Crippen LogP contribution in [-0.2, 0) is 6.42 Å². The smallest absolute Gasteiger partial charge is 0.124 e. The largest absolute Gasteiger partial charge is 0.393 e. The van der Waals surface area contributed by atoms with Gasteiger partial charge in [0.2, 0.25) is 0 Å². The second-order valence-electron chi connectivity index (χ2n) is 3.66. The lowest BCUT2D eigenvalue weighted by molar-refractivity contribution is 0.135. The Balaban J connectivity index is 2.77. The first kappa shape index (κ1) is 11.7. The van der Waals surface area contributed by atoms with Gasteiger partial charge in [0.15, 0.2) is 0 Å². The van der Waals surface area contributed by atoms with Crippen LogP contribution in [0.1, 0.15) is 19.4 Å². The summed E-state index contributed by atoms with van der Waals surface area (Å²) in [6.07, 6.45) is 0.408. The van der Waals surface area contributed by atoms with Gasteiger partial charge in [-0.05, 0) is 37.0 Å². The molecule has 2 unspecified atom stereocenters. The fourth-order valence-electron chi connectivity index (χ4n) is 1.20. The third-order valence-corrected chi connectivity index (χ3v) is 3.12. The van der Waals surface area contributed by atoms with Gasteiger partial charge in [0.1, 0.15) is 5.82 Å². The molecule has 0 saturated heterocycles. The van der Waals surface area contributed by atoms with E-state index in [-0.39, 0.29) is 17.8 Å². The molecule has 1 aromatic carbocycles. The molecule has 3 heteroatoms. The van der Waals surface area contributed by atoms with Gasteiger partial charge in [-0.1, -0.05) is 28.9 Å². The maximum absolute atomic E-state index is 12.8. The minimum Gasteiger partial charge on any atom is -0.393 e. The SMILES string of the molecule is CC(O)C(C)Cc1ccc(F)cc1Br. The van der Waals surface area contributed by atoms with Crippen LogP contribution in [0.15, 0.2) is 22.7 Å². The first-order valence-corrected chi connectivity index (χ1v) is 5.42. The molecular weight excluding hydrogens is 247 g/mol. The molecule has 0 aliphatic heterocycles. The molecule has 14 heavy (non-hydrogen) atoms. The van der Waals surface area contributed by atoms with Gasteiger partial charge < -0.3 is 5.11 Å². The molecule has 0 radical (unpaired) electrons. The van der Waals surface area contributed by atoms with Crippen LogP contribution >= 0.6 is 15.9 Å². The standard InChI is InChI=1S/C11H14BrFO/c1-7(8(2)14)5-9-3-4-10(13)6-11(9)12/h3-4,6-8,14H,5H2,1-2H3. The Morgan fingerprint density at radius 2 is 2.07 bits per heavy atom. The van der Waals surface area contributed by atoms with E-state index < -0.39 is 0 Å². The Kier molecular flexibility index (Phi) is 4.08. The van der Waals surface area contributed by atoms with Crippen molar-refractivity contribution in [1.82, 2.24) is 0 Å². The average Bonchev–Trinajstić information content (AvgIpc) is 2.09. The summed E-state index contributed by atoms with van der Waals surface area (Å²) in [5.74, 6) is -0.0675. The fraction of sp³-hybridized carbons (Fsp3) is 0.455. The molecule has 0 aromatic heterocycles. The Bertz CT molecular complexity index is 312. The number of rotatable bonds is 3. The Morgan fingerprint density at radius 3 is 2.57 bits per heavy atom. The van der Waals surface area contributed by atoms with Crippen LogP contribution in [0.4, 0.5) is 4.39 Å². The van der Waals surface area contributed by atoms with E-state index in [0.717, 1.165) is 16.5 Å². The van der Waals surface area contributed by atoms with E-state index in [1.165, 1.54) is 12.1 Å². The average molecular weight is 261 g/mol. The first-order chi connectivity index (χ1) is 6.50. The highest BCUT2D eigenvalue weighted by Gasteiger charge is 2.11. The third kappa shape index (κ3) is 3.07. The summed E-state index contributed by atoms with van der Waals surface area (Å²) in [5.41, 5.74) is 1.03. The van der Waals surface area contributed by atoms with E-state index in [0.29, 0.717) is 0 Å². The molecule has 0 aliphatic carbocycles. The van der Waals surface area contributed by atoms with Crippen LogP contribution in [0.5, 0.6) is 0 Å². The third-order valence-electron chi connectivity index (χ3n) is 2.38. The summed E-state index contributed by atoms with van der Waals surface area (Å²) in [6, 6.07) is 4.64. The maximum Gasteiger partial charge on any atom is 0.124 e. The molecule has 1 aromatic rings. The highest BCUT2D eigenvalue weighted by molar-refractivity contribution is 9.10. The van der Waals surface area contributed by atoms with Crippen molar-refractivity contribution in [2.45, 2.75) is 26.4 Å². The number of benzene rings is 1. The lowest BCUT2D eigenvalue weighted by Crippen LogP contribution is -2.15. The van der Waals surface area contributed by atoms with Gasteiger partial charge in [0.05, 0.1) is 6.10 Å². The summed E-state index contributed by atoms with van der Waals surface area (Å²) >= 11 is 3.30. The van der Waals surface area contributed by atoms with E-state index in [2.05, 4.69) is 15.9 Å². The van der Waals surface area contributed by atoms with E-state index >= 15 is 0 Å². The van der Waals surface area contributed by atoms with Crippen molar-refractivity contribution in [2.24, 2.45) is 5.92 Å². The molecule has 0 fully saturated rings. The molecule has 0 bridgehead atoms. The summed E-state index contributed by atoms with van der Waals surface area (Å²) in [6.45, 7) is 3.74. The first-order valence-electron chi connectivity index (χ1n) is 4.62. The van der Waals surface area contributed by atoms with E-state index in [1.54, 1.807) is 13.0 Å².